The van der Waals surface area contributed by atoms with E-state index in [1.165, 1.54) is 25.7 Å². The van der Waals surface area contributed by atoms with Crippen LogP contribution in [0.1, 0.15) is 59.8 Å². The third kappa shape index (κ3) is 3.29. The fraction of sp³-hybridized carbons (Fsp3) is 0.933. The lowest BCUT2D eigenvalue weighted by molar-refractivity contribution is -0.124. The third-order valence-electron chi connectivity index (χ3n) is 4.84. The molecule has 2 unspecified atom stereocenters. The molecule has 4 nitrogen and oxygen atoms in total. The van der Waals surface area contributed by atoms with Gasteiger partial charge in [0, 0.05) is 17.6 Å². The number of nitrogens with zero attached hydrogens (tertiary/aromatic N) is 1. The number of carbonyl (C=O) groups excluding carboxylic acids is 1. The summed E-state index contributed by atoms with van der Waals surface area (Å²) in [6.07, 6.45) is 5.63. The zero-order chi connectivity index (χ0) is 14.3. The van der Waals surface area contributed by atoms with E-state index in [-0.39, 0.29) is 11.4 Å². The largest absolute Gasteiger partial charge is 0.368 e. The normalized spacial score (nSPS) is 28.0. The van der Waals surface area contributed by atoms with E-state index in [4.69, 9.17) is 5.73 Å². The molecule has 2 fully saturated rings. The number of amides is 1. The number of hydrogen-bond donors (Lipinski definition) is 2. The van der Waals surface area contributed by atoms with Crippen molar-refractivity contribution in [1.82, 2.24) is 10.2 Å². The first-order valence-corrected chi connectivity index (χ1v) is 7.59. The Morgan fingerprint density at radius 1 is 1.53 bits per heavy atom. The summed E-state index contributed by atoms with van der Waals surface area (Å²) in [6.45, 7) is 9.92. The molecule has 0 aromatic carbocycles. The Bertz CT molecular complexity index is 351. The molecule has 0 aromatic rings. The number of nitrogens with two attached hydrogens (primary N) is 1. The molecule has 1 amide bonds. The van der Waals surface area contributed by atoms with Gasteiger partial charge in [0.25, 0.3) is 0 Å². The molecule has 0 bridgehead atoms. The van der Waals surface area contributed by atoms with Crippen LogP contribution in [-0.4, -0.2) is 40.5 Å². The zero-order valence-electron chi connectivity index (χ0n) is 12.8. The zero-order valence-corrected chi connectivity index (χ0v) is 12.8. The average molecular weight is 267 g/mol. The molecule has 3 N–H and O–H groups in total. The predicted octanol–water partition coefficient (Wildman–Crippen LogP) is 1.64. The van der Waals surface area contributed by atoms with Gasteiger partial charge in [-0.1, -0.05) is 0 Å². The van der Waals surface area contributed by atoms with Crippen molar-refractivity contribution in [1.29, 1.82) is 0 Å². The van der Waals surface area contributed by atoms with Gasteiger partial charge in [0.15, 0.2) is 0 Å². The Morgan fingerprint density at radius 3 is 2.58 bits per heavy atom. The summed E-state index contributed by atoms with van der Waals surface area (Å²) in [5.41, 5.74) is 5.32. The fourth-order valence-corrected chi connectivity index (χ4v) is 3.56. The minimum Gasteiger partial charge on any atom is -0.368 e. The topological polar surface area (TPSA) is 58.4 Å². The molecule has 2 aliphatic rings. The molecule has 2 rings (SSSR count). The summed E-state index contributed by atoms with van der Waals surface area (Å²) in [5.74, 6) is -0.219. The summed E-state index contributed by atoms with van der Waals surface area (Å²) in [6, 6.07) is 0.873. The van der Waals surface area contributed by atoms with Crippen molar-refractivity contribution in [2.75, 3.05) is 6.54 Å². The third-order valence-corrected chi connectivity index (χ3v) is 4.84. The lowest BCUT2D eigenvalue weighted by Crippen LogP contribution is -2.58. The van der Waals surface area contributed by atoms with Crippen LogP contribution in [0.3, 0.4) is 0 Å². The lowest BCUT2D eigenvalue weighted by atomic mass is 9.90. The van der Waals surface area contributed by atoms with Gasteiger partial charge in [-0.05, 0) is 66.3 Å². The second kappa shape index (κ2) is 5.06. The molecule has 1 saturated carbocycles. The number of carbonyl (C=O) groups is 1. The van der Waals surface area contributed by atoms with Crippen molar-refractivity contribution in [3.63, 3.8) is 0 Å². The molecule has 1 saturated heterocycles. The molecular formula is C15H29N3O. The Morgan fingerprint density at radius 2 is 2.16 bits per heavy atom. The Labute approximate surface area is 117 Å². The summed E-state index contributed by atoms with van der Waals surface area (Å²) in [7, 11) is 0. The Balaban J connectivity index is 2.02. The smallest absolute Gasteiger partial charge is 0.237 e. The number of primary amides is 1. The molecule has 110 valence electrons. The molecule has 1 aliphatic heterocycles. The van der Waals surface area contributed by atoms with Crippen LogP contribution in [0.5, 0.6) is 0 Å². The van der Waals surface area contributed by atoms with Crippen LogP contribution < -0.4 is 11.1 Å². The number of likely N-dealkylation sites (tertiary alicyclic amines) is 1. The van der Waals surface area contributed by atoms with Crippen LogP contribution in [0.2, 0.25) is 0 Å². The van der Waals surface area contributed by atoms with Crippen molar-refractivity contribution in [2.45, 2.75) is 83.0 Å². The van der Waals surface area contributed by atoms with Gasteiger partial charge in [0.1, 0.15) is 0 Å². The number of nitrogens with one attached hydrogen (secondary N) is 1. The van der Waals surface area contributed by atoms with Crippen molar-refractivity contribution in [3.8, 4) is 0 Å². The molecular weight excluding hydrogens is 238 g/mol. The van der Waals surface area contributed by atoms with Crippen LogP contribution in [0.15, 0.2) is 0 Å². The van der Waals surface area contributed by atoms with E-state index in [9.17, 15) is 4.79 Å². The van der Waals surface area contributed by atoms with Crippen LogP contribution in [0.25, 0.3) is 0 Å². The number of hydrogen-bond acceptors (Lipinski definition) is 3. The van der Waals surface area contributed by atoms with Gasteiger partial charge in [0.2, 0.25) is 5.91 Å². The number of rotatable bonds is 6. The fourth-order valence-electron chi connectivity index (χ4n) is 3.56. The van der Waals surface area contributed by atoms with Crippen LogP contribution in [-0.2, 0) is 4.79 Å². The second-order valence-electron chi connectivity index (χ2n) is 7.28. The van der Waals surface area contributed by atoms with Crippen molar-refractivity contribution in [3.05, 3.63) is 0 Å². The van der Waals surface area contributed by atoms with Gasteiger partial charge in [-0.3, -0.25) is 9.69 Å². The first-order chi connectivity index (χ1) is 8.74. The van der Waals surface area contributed by atoms with E-state index in [0.29, 0.717) is 12.1 Å². The molecule has 2 atom stereocenters. The summed E-state index contributed by atoms with van der Waals surface area (Å²) in [5, 5.41) is 3.45. The summed E-state index contributed by atoms with van der Waals surface area (Å²) < 4.78 is 0. The van der Waals surface area contributed by atoms with Gasteiger partial charge in [0.05, 0.1) is 5.54 Å². The van der Waals surface area contributed by atoms with Crippen molar-refractivity contribution >= 4 is 5.91 Å². The van der Waals surface area contributed by atoms with E-state index in [2.05, 4.69) is 31.0 Å². The molecule has 4 heteroatoms. The maximum Gasteiger partial charge on any atom is 0.237 e. The second-order valence-corrected chi connectivity index (χ2v) is 7.28. The van der Waals surface area contributed by atoms with Crippen LogP contribution >= 0.6 is 0 Å². The van der Waals surface area contributed by atoms with Gasteiger partial charge < -0.3 is 11.1 Å². The average Bonchev–Trinajstić information content (AvgIpc) is 3.00. The summed E-state index contributed by atoms with van der Waals surface area (Å²) in [4.78, 5) is 14.4. The SMILES string of the molecule is CC(CC(C)(NC1CC1)C(N)=O)N1CCCC1(C)C. The molecule has 1 heterocycles. The van der Waals surface area contributed by atoms with E-state index in [0.717, 1.165) is 13.0 Å². The Hall–Kier alpha value is -0.610. The van der Waals surface area contributed by atoms with Gasteiger partial charge >= 0.3 is 0 Å². The highest BCUT2D eigenvalue weighted by Gasteiger charge is 2.42. The molecule has 1 aliphatic carbocycles. The van der Waals surface area contributed by atoms with Crippen LogP contribution in [0, 0.1) is 0 Å². The van der Waals surface area contributed by atoms with Crippen molar-refractivity contribution < 1.29 is 4.79 Å². The minimum atomic E-state index is -0.570. The minimum absolute atomic E-state index is 0.219. The van der Waals surface area contributed by atoms with Crippen molar-refractivity contribution in [2.24, 2.45) is 5.73 Å². The highest BCUT2D eigenvalue weighted by Crippen LogP contribution is 2.33. The molecule has 0 aromatic heterocycles. The maximum absolute atomic E-state index is 11.8. The standard InChI is InChI=1S/C15H29N3O/c1-11(18-9-5-8-14(18,2)3)10-15(4,13(16)19)17-12-6-7-12/h11-12,17H,5-10H2,1-4H3,(H2,16,19). The molecule has 0 spiro atoms. The summed E-state index contributed by atoms with van der Waals surface area (Å²) >= 11 is 0. The van der Waals surface area contributed by atoms with Gasteiger partial charge in [-0.15, -0.1) is 0 Å². The lowest BCUT2D eigenvalue weighted by Gasteiger charge is -2.40. The first kappa shape index (κ1) is 14.8. The van der Waals surface area contributed by atoms with Gasteiger partial charge in [-0.2, -0.15) is 0 Å². The van der Waals surface area contributed by atoms with E-state index >= 15 is 0 Å². The predicted molar refractivity (Wildman–Crippen MR) is 77.9 cm³/mol. The van der Waals surface area contributed by atoms with E-state index in [1.807, 2.05) is 6.92 Å². The van der Waals surface area contributed by atoms with E-state index in [1.54, 1.807) is 0 Å². The highest BCUT2D eigenvalue weighted by atomic mass is 16.1. The highest BCUT2D eigenvalue weighted by molar-refractivity contribution is 5.84. The monoisotopic (exact) mass is 267 g/mol. The quantitative estimate of drug-likeness (QED) is 0.769. The molecule has 19 heavy (non-hydrogen) atoms. The first-order valence-electron chi connectivity index (χ1n) is 7.59. The maximum atomic E-state index is 11.8. The molecule has 0 radical (unpaired) electrons. The van der Waals surface area contributed by atoms with E-state index < -0.39 is 5.54 Å². The van der Waals surface area contributed by atoms with Gasteiger partial charge in [-0.25, -0.2) is 0 Å². The van der Waals surface area contributed by atoms with Crippen LogP contribution in [0.4, 0.5) is 0 Å². The Kier molecular flexibility index (Phi) is 3.94.